The van der Waals surface area contributed by atoms with Gasteiger partial charge in [-0.1, -0.05) is 0 Å². The molecule has 0 aromatic carbocycles. The van der Waals surface area contributed by atoms with Crippen molar-refractivity contribution in [2.24, 2.45) is 88.3 Å². The molecule has 8 saturated carbocycles. The summed E-state index contributed by atoms with van der Waals surface area (Å²) in [6, 6.07) is 0. The summed E-state index contributed by atoms with van der Waals surface area (Å²) < 4.78 is 6.19. The van der Waals surface area contributed by atoms with Gasteiger partial charge in [0.2, 0.25) is 0 Å². The predicted octanol–water partition coefficient (Wildman–Crippen LogP) is 3.69. The average molecular weight is 308 g/mol. The highest BCUT2D eigenvalue weighted by molar-refractivity contribution is 5.34. The van der Waals surface area contributed by atoms with E-state index in [0.717, 1.165) is 30.3 Å². The molecule has 0 aromatic heterocycles. The van der Waals surface area contributed by atoms with Crippen LogP contribution in [0.1, 0.15) is 32.1 Å². The molecular weight excluding hydrogens is 280 g/mol. The zero-order chi connectivity index (χ0) is 14.2. The fourth-order valence-corrected chi connectivity index (χ4v) is 13.3. The van der Waals surface area contributed by atoms with E-state index in [1.54, 1.807) is 25.7 Å². The Labute approximate surface area is 138 Å². The van der Waals surface area contributed by atoms with Gasteiger partial charge in [0.15, 0.2) is 0 Å². The van der Waals surface area contributed by atoms with E-state index < -0.39 is 0 Å². The first-order chi connectivity index (χ1) is 11.4. The van der Waals surface area contributed by atoms with Gasteiger partial charge >= 0.3 is 0 Å². The van der Waals surface area contributed by atoms with E-state index in [0.29, 0.717) is 5.41 Å². The van der Waals surface area contributed by atoms with Crippen molar-refractivity contribution in [3.8, 4) is 0 Å². The lowest BCUT2D eigenvalue weighted by Crippen LogP contribution is -2.40. The molecule has 9 fully saturated rings. The summed E-state index contributed by atoms with van der Waals surface area (Å²) in [6.07, 6.45) is 8.01. The summed E-state index contributed by atoms with van der Waals surface area (Å²) in [5.74, 6) is 16.7. The highest BCUT2D eigenvalue weighted by Crippen LogP contribution is 2.91. The van der Waals surface area contributed by atoms with Crippen LogP contribution in [0.25, 0.3) is 0 Å². The van der Waals surface area contributed by atoms with Crippen molar-refractivity contribution in [2.45, 2.75) is 32.1 Å². The molecule has 1 heteroatoms. The summed E-state index contributed by atoms with van der Waals surface area (Å²) in [7, 11) is 0. The van der Waals surface area contributed by atoms with Gasteiger partial charge in [-0.15, -0.1) is 0 Å². The average Bonchev–Trinajstić information content (AvgIpc) is 3.33. The van der Waals surface area contributed by atoms with Crippen LogP contribution in [0.2, 0.25) is 0 Å². The number of rotatable bonds is 0. The molecule has 8 aliphatic carbocycles. The van der Waals surface area contributed by atoms with Crippen LogP contribution < -0.4 is 0 Å². The van der Waals surface area contributed by atoms with Gasteiger partial charge < -0.3 is 4.74 Å². The lowest BCUT2D eigenvalue weighted by molar-refractivity contribution is 0.0276. The van der Waals surface area contributed by atoms with Gasteiger partial charge in [-0.25, -0.2) is 0 Å². The Hall–Kier alpha value is -0.0400. The van der Waals surface area contributed by atoms with Crippen LogP contribution in [0.15, 0.2) is 0 Å². The molecule has 0 amide bonds. The minimum atomic E-state index is 0.684. The lowest BCUT2D eigenvalue weighted by atomic mass is 9.62. The van der Waals surface area contributed by atoms with Crippen molar-refractivity contribution in [3.63, 3.8) is 0 Å². The zero-order valence-corrected chi connectivity index (χ0v) is 13.9. The Morgan fingerprint density at radius 3 is 1.65 bits per heavy atom. The molecular formula is C22H28O. The standard InChI is InChI=1S/C22H28O/c1-3-10-13-8(1)12-9-2-4-11-14(9)17-15(12)16(13)18-19(17)21(11)22(20(10)18)5-6-23-7-22/h8-21H,1-7H2/t8-,9+,10-,11-,12?,13+,14-,15?,16+,17-,18-,19+,20-,21-,22?/m1/s1. The van der Waals surface area contributed by atoms with Gasteiger partial charge in [-0.05, 0) is 115 Å². The monoisotopic (exact) mass is 308 g/mol. The minimum absolute atomic E-state index is 0.684. The molecule has 3 unspecified atom stereocenters. The van der Waals surface area contributed by atoms with Crippen LogP contribution in [-0.2, 0) is 4.74 Å². The molecule has 1 heterocycles. The van der Waals surface area contributed by atoms with Crippen molar-refractivity contribution >= 4 is 0 Å². The van der Waals surface area contributed by atoms with E-state index in [9.17, 15) is 0 Å². The van der Waals surface area contributed by atoms with E-state index in [1.807, 2.05) is 0 Å². The molecule has 0 radical (unpaired) electrons. The first-order valence-electron chi connectivity index (χ1n) is 11.0. The lowest BCUT2D eigenvalue weighted by Gasteiger charge is -2.41. The summed E-state index contributed by atoms with van der Waals surface area (Å²) >= 11 is 0. The molecule has 1 nitrogen and oxygen atoms in total. The van der Waals surface area contributed by atoms with Crippen LogP contribution in [-0.4, -0.2) is 13.2 Å². The van der Waals surface area contributed by atoms with Crippen molar-refractivity contribution in [1.82, 2.24) is 0 Å². The van der Waals surface area contributed by atoms with Crippen LogP contribution in [0, 0.1) is 88.3 Å². The van der Waals surface area contributed by atoms with Gasteiger partial charge in [0, 0.05) is 12.0 Å². The highest BCUT2D eigenvalue weighted by Gasteiger charge is 2.87. The Kier molecular flexibility index (Phi) is 1.55. The second-order valence-electron chi connectivity index (χ2n) is 11.5. The van der Waals surface area contributed by atoms with Gasteiger partial charge in [0.25, 0.3) is 0 Å². The molecule has 1 saturated heterocycles. The predicted molar refractivity (Wildman–Crippen MR) is 85.2 cm³/mol. The van der Waals surface area contributed by atoms with Gasteiger partial charge in [0.05, 0.1) is 6.61 Å². The molecule has 0 aromatic rings. The van der Waals surface area contributed by atoms with Gasteiger partial charge in [-0.3, -0.25) is 0 Å². The topological polar surface area (TPSA) is 9.23 Å². The summed E-state index contributed by atoms with van der Waals surface area (Å²) in [6.45, 7) is 2.29. The molecule has 122 valence electrons. The largest absolute Gasteiger partial charge is 0.381 e. The first-order valence-corrected chi connectivity index (χ1v) is 11.0. The summed E-state index contributed by atoms with van der Waals surface area (Å²) in [5.41, 5.74) is 0.684. The Bertz CT molecular complexity index is 600. The van der Waals surface area contributed by atoms with Crippen LogP contribution in [0.3, 0.4) is 0 Å². The molecule has 15 atom stereocenters. The quantitative estimate of drug-likeness (QED) is 0.663. The van der Waals surface area contributed by atoms with Crippen LogP contribution in [0.4, 0.5) is 0 Å². The third-order valence-electron chi connectivity index (χ3n) is 12.4. The minimum Gasteiger partial charge on any atom is -0.381 e. The normalized spacial score (nSPS) is 82.4. The third kappa shape index (κ3) is 0.825. The Morgan fingerprint density at radius 1 is 0.565 bits per heavy atom. The molecule has 1 spiro atoms. The van der Waals surface area contributed by atoms with Crippen molar-refractivity contribution < 1.29 is 4.74 Å². The van der Waals surface area contributed by atoms with Crippen molar-refractivity contribution in [1.29, 1.82) is 0 Å². The third-order valence-corrected chi connectivity index (χ3v) is 12.4. The number of ether oxygens (including phenoxy) is 1. The van der Waals surface area contributed by atoms with Crippen LogP contribution >= 0.6 is 0 Å². The SMILES string of the molecule is C1CC2(CO1)[C@@H]1[C@@H]3CC[C@@H]4C5C6[C@H]7[C@H]8[C@@H](CC[C@@H]58)[C@@H]2[C@@H]7[C@H]1[C@H]6[C@H]34. The second-order valence-corrected chi connectivity index (χ2v) is 11.5. The fourth-order valence-electron chi connectivity index (χ4n) is 13.3. The second kappa shape index (κ2) is 3.08. The number of fused-ring (bicyclic) bond motifs is 6. The van der Waals surface area contributed by atoms with Gasteiger partial charge in [0.1, 0.15) is 0 Å². The molecule has 0 N–H and O–H groups in total. The molecule has 1 aliphatic heterocycles. The maximum atomic E-state index is 6.19. The Balaban J connectivity index is 1.40. The number of hydrogen-bond donors (Lipinski definition) is 0. The van der Waals surface area contributed by atoms with E-state index >= 15 is 0 Å². The summed E-state index contributed by atoms with van der Waals surface area (Å²) in [5, 5.41) is 0. The first kappa shape index (κ1) is 11.6. The number of hydrogen-bond acceptors (Lipinski definition) is 1. The maximum absolute atomic E-state index is 6.19. The van der Waals surface area contributed by atoms with E-state index in [4.69, 9.17) is 4.74 Å². The van der Waals surface area contributed by atoms with E-state index in [1.165, 1.54) is 72.2 Å². The zero-order valence-electron chi connectivity index (χ0n) is 13.9. The molecule has 9 aliphatic rings. The van der Waals surface area contributed by atoms with E-state index in [2.05, 4.69) is 0 Å². The summed E-state index contributed by atoms with van der Waals surface area (Å²) in [4.78, 5) is 0. The molecule has 9 rings (SSSR count). The molecule has 0 bridgehead atoms. The Morgan fingerprint density at radius 2 is 1.09 bits per heavy atom. The maximum Gasteiger partial charge on any atom is 0.0529 e. The van der Waals surface area contributed by atoms with Crippen molar-refractivity contribution in [2.75, 3.05) is 13.2 Å². The molecule has 23 heavy (non-hydrogen) atoms. The van der Waals surface area contributed by atoms with E-state index in [-0.39, 0.29) is 0 Å². The highest BCUT2D eigenvalue weighted by atomic mass is 16.5. The van der Waals surface area contributed by atoms with Crippen LogP contribution in [0.5, 0.6) is 0 Å². The van der Waals surface area contributed by atoms with Crippen molar-refractivity contribution in [3.05, 3.63) is 0 Å². The smallest absolute Gasteiger partial charge is 0.0529 e. The fraction of sp³-hybridized carbons (Fsp3) is 1.00. The van der Waals surface area contributed by atoms with Gasteiger partial charge in [-0.2, -0.15) is 0 Å².